The lowest BCUT2D eigenvalue weighted by Crippen LogP contribution is -2.49. The summed E-state index contributed by atoms with van der Waals surface area (Å²) in [6.45, 7) is 1.85. The molecule has 0 unspecified atom stereocenters. The Labute approximate surface area is 193 Å². The molecule has 3 aromatic rings. The molecule has 2 heterocycles. The number of carbonyl (C=O) groups is 1. The number of para-hydroxylation sites is 2. The molecule has 1 aromatic heterocycles. The summed E-state index contributed by atoms with van der Waals surface area (Å²) < 4.78 is 68.8. The summed E-state index contributed by atoms with van der Waals surface area (Å²) >= 11 is 0. The summed E-state index contributed by atoms with van der Waals surface area (Å²) in [6, 6.07) is 9.70. The summed E-state index contributed by atoms with van der Waals surface area (Å²) in [7, 11) is -4.60. The molecule has 2 aromatic carbocycles. The second-order valence-corrected chi connectivity index (χ2v) is 9.89. The summed E-state index contributed by atoms with van der Waals surface area (Å²) in [5.41, 5.74) is -0.0579. The Bertz CT molecular complexity index is 1370. The Morgan fingerprint density at radius 2 is 1.71 bits per heavy atom. The van der Waals surface area contributed by atoms with Gasteiger partial charge in [0, 0.05) is 19.1 Å². The zero-order valence-electron chi connectivity index (χ0n) is 18.2. The molecule has 1 amide bonds. The van der Waals surface area contributed by atoms with Crippen molar-refractivity contribution in [3.63, 3.8) is 0 Å². The molecule has 1 atom stereocenters. The van der Waals surface area contributed by atoms with E-state index in [-0.39, 0.29) is 24.8 Å². The topological polar surface area (TPSA) is 104 Å². The first-order chi connectivity index (χ1) is 16.0. The highest BCUT2D eigenvalue weighted by Gasteiger charge is 2.38. The van der Waals surface area contributed by atoms with Gasteiger partial charge in [0.2, 0.25) is 15.9 Å². The third kappa shape index (κ3) is 4.60. The molecule has 1 saturated heterocycles. The van der Waals surface area contributed by atoms with Gasteiger partial charge < -0.3 is 9.88 Å². The zero-order chi connectivity index (χ0) is 24.7. The SMILES string of the molecule is C[C@H](NS(=O)(=O)c1ccccc1C(F)(F)F)C(=O)N1CCC(n2c(=O)[nH]c3ccccc32)CC1. The summed E-state index contributed by atoms with van der Waals surface area (Å²) in [6.07, 6.45) is -3.91. The van der Waals surface area contributed by atoms with Gasteiger partial charge in [-0.1, -0.05) is 24.3 Å². The smallest absolute Gasteiger partial charge is 0.341 e. The van der Waals surface area contributed by atoms with E-state index in [1.807, 2.05) is 18.2 Å². The van der Waals surface area contributed by atoms with Crippen molar-refractivity contribution >= 4 is 27.0 Å². The lowest BCUT2D eigenvalue weighted by Gasteiger charge is -2.34. The van der Waals surface area contributed by atoms with Crippen LogP contribution in [0.2, 0.25) is 0 Å². The highest BCUT2D eigenvalue weighted by atomic mass is 32.2. The monoisotopic (exact) mass is 496 g/mol. The van der Waals surface area contributed by atoms with Crippen LogP contribution in [-0.4, -0.2) is 47.9 Å². The van der Waals surface area contributed by atoms with Crippen molar-refractivity contribution in [1.29, 1.82) is 0 Å². The van der Waals surface area contributed by atoms with Gasteiger partial charge in [0.05, 0.1) is 27.5 Å². The Kier molecular flexibility index (Phi) is 6.30. The molecule has 0 saturated carbocycles. The molecule has 12 heteroatoms. The number of imidazole rings is 1. The van der Waals surface area contributed by atoms with Gasteiger partial charge in [0.15, 0.2) is 0 Å². The fourth-order valence-corrected chi connectivity index (χ4v) is 5.76. The number of H-pyrrole nitrogens is 1. The number of likely N-dealkylation sites (tertiary alicyclic amines) is 1. The van der Waals surface area contributed by atoms with Gasteiger partial charge in [-0.2, -0.15) is 17.9 Å². The first kappa shape index (κ1) is 24.0. The number of rotatable bonds is 5. The van der Waals surface area contributed by atoms with Gasteiger partial charge >= 0.3 is 11.9 Å². The lowest BCUT2D eigenvalue weighted by atomic mass is 10.0. The third-order valence-corrected chi connectivity index (χ3v) is 7.55. The molecule has 182 valence electrons. The predicted octanol–water partition coefficient (Wildman–Crippen LogP) is 2.88. The van der Waals surface area contributed by atoms with Gasteiger partial charge in [-0.25, -0.2) is 13.2 Å². The van der Waals surface area contributed by atoms with Gasteiger partial charge in [-0.15, -0.1) is 0 Å². The van der Waals surface area contributed by atoms with Crippen LogP contribution in [0, 0.1) is 0 Å². The second kappa shape index (κ2) is 8.91. The number of sulfonamides is 1. The number of aromatic amines is 1. The maximum Gasteiger partial charge on any atom is 0.417 e. The van der Waals surface area contributed by atoms with Crippen molar-refractivity contribution in [1.82, 2.24) is 19.2 Å². The molecule has 0 spiro atoms. The standard InChI is InChI=1S/C22H23F3N4O4S/c1-14(27-34(32,33)19-9-5-2-6-16(19)22(23,24)25)20(30)28-12-10-15(11-13-28)29-18-8-4-3-7-17(18)26-21(29)31/h2-9,14-15,27H,10-13H2,1H3,(H,26,31)/t14-/m0/s1. The van der Waals surface area contributed by atoms with Crippen molar-refractivity contribution < 1.29 is 26.4 Å². The number of nitrogens with zero attached hydrogens (tertiary/aromatic N) is 2. The van der Waals surface area contributed by atoms with E-state index in [9.17, 15) is 31.2 Å². The third-order valence-electron chi connectivity index (χ3n) is 5.95. The Hall–Kier alpha value is -3.12. The number of carbonyl (C=O) groups excluding carboxylic acids is 1. The molecule has 4 rings (SSSR count). The number of alkyl halides is 3. The number of hydrogen-bond donors (Lipinski definition) is 2. The number of nitrogens with one attached hydrogen (secondary N) is 2. The van der Waals surface area contributed by atoms with Crippen LogP contribution >= 0.6 is 0 Å². The molecular formula is C22H23F3N4O4S. The lowest BCUT2D eigenvalue weighted by molar-refractivity contribution is -0.139. The first-order valence-corrected chi connectivity index (χ1v) is 12.1. The maximum absolute atomic E-state index is 13.3. The van der Waals surface area contributed by atoms with E-state index in [1.54, 1.807) is 10.6 Å². The maximum atomic E-state index is 13.3. The van der Waals surface area contributed by atoms with E-state index in [4.69, 9.17) is 0 Å². The number of hydrogen-bond acceptors (Lipinski definition) is 4. The number of halogens is 3. The zero-order valence-corrected chi connectivity index (χ0v) is 19.0. The highest BCUT2D eigenvalue weighted by Crippen LogP contribution is 2.34. The summed E-state index contributed by atoms with van der Waals surface area (Å²) in [5, 5.41) is 0. The molecular weight excluding hydrogens is 473 g/mol. The van der Waals surface area contributed by atoms with Gasteiger partial charge in [-0.05, 0) is 44.0 Å². The van der Waals surface area contributed by atoms with E-state index in [0.717, 1.165) is 17.6 Å². The average molecular weight is 497 g/mol. The van der Waals surface area contributed by atoms with E-state index < -0.39 is 38.6 Å². The molecule has 0 radical (unpaired) electrons. The first-order valence-electron chi connectivity index (χ1n) is 10.7. The molecule has 8 nitrogen and oxygen atoms in total. The Balaban J connectivity index is 1.45. The number of aromatic nitrogens is 2. The molecule has 34 heavy (non-hydrogen) atoms. The van der Waals surface area contributed by atoms with Crippen LogP contribution < -0.4 is 10.4 Å². The van der Waals surface area contributed by atoms with Crippen molar-refractivity contribution in [2.24, 2.45) is 0 Å². The predicted molar refractivity (Wildman–Crippen MR) is 119 cm³/mol. The van der Waals surface area contributed by atoms with E-state index in [0.29, 0.717) is 24.4 Å². The molecule has 1 aliphatic heterocycles. The number of piperidine rings is 1. The fourth-order valence-electron chi connectivity index (χ4n) is 4.34. The van der Waals surface area contributed by atoms with Crippen LogP contribution in [0.4, 0.5) is 13.2 Å². The van der Waals surface area contributed by atoms with Crippen molar-refractivity contribution in [3.8, 4) is 0 Å². The van der Waals surface area contributed by atoms with Crippen LogP contribution in [0.1, 0.15) is 31.4 Å². The normalized spacial score (nSPS) is 16.6. The quantitative estimate of drug-likeness (QED) is 0.567. The van der Waals surface area contributed by atoms with Crippen molar-refractivity contribution in [2.45, 2.75) is 42.9 Å². The van der Waals surface area contributed by atoms with E-state index in [2.05, 4.69) is 9.71 Å². The number of fused-ring (bicyclic) bond motifs is 1. The van der Waals surface area contributed by atoms with Gasteiger partial charge in [0.25, 0.3) is 0 Å². The molecule has 2 N–H and O–H groups in total. The van der Waals surface area contributed by atoms with Crippen molar-refractivity contribution in [2.75, 3.05) is 13.1 Å². The highest BCUT2D eigenvalue weighted by molar-refractivity contribution is 7.89. The Morgan fingerprint density at radius 1 is 1.09 bits per heavy atom. The van der Waals surface area contributed by atoms with Crippen LogP contribution in [0.3, 0.4) is 0 Å². The summed E-state index contributed by atoms with van der Waals surface area (Å²) in [4.78, 5) is 28.6. The average Bonchev–Trinajstić information content (AvgIpc) is 3.13. The minimum Gasteiger partial charge on any atom is -0.341 e. The van der Waals surface area contributed by atoms with E-state index >= 15 is 0 Å². The van der Waals surface area contributed by atoms with Crippen LogP contribution in [0.15, 0.2) is 58.2 Å². The largest absolute Gasteiger partial charge is 0.417 e. The van der Waals surface area contributed by atoms with Gasteiger partial charge in [-0.3, -0.25) is 9.36 Å². The number of benzene rings is 2. The molecule has 1 aliphatic rings. The summed E-state index contributed by atoms with van der Waals surface area (Å²) in [5.74, 6) is -0.544. The second-order valence-electron chi connectivity index (χ2n) is 8.21. The van der Waals surface area contributed by atoms with Crippen LogP contribution in [0.5, 0.6) is 0 Å². The fraction of sp³-hybridized carbons (Fsp3) is 0.364. The minimum absolute atomic E-state index is 0.140. The van der Waals surface area contributed by atoms with Gasteiger partial charge in [0.1, 0.15) is 0 Å². The molecule has 0 aliphatic carbocycles. The molecule has 1 fully saturated rings. The minimum atomic E-state index is -4.86. The van der Waals surface area contributed by atoms with Crippen molar-refractivity contribution in [3.05, 3.63) is 64.6 Å². The van der Waals surface area contributed by atoms with E-state index in [1.165, 1.54) is 17.9 Å². The number of amides is 1. The van der Waals surface area contributed by atoms with Crippen LogP contribution in [-0.2, 0) is 21.0 Å². The Morgan fingerprint density at radius 3 is 2.38 bits per heavy atom. The van der Waals surface area contributed by atoms with Crippen LogP contribution in [0.25, 0.3) is 11.0 Å². The molecule has 0 bridgehead atoms.